The van der Waals surface area contributed by atoms with Crippen molar-refractivity contribution in [2.75, 3.05) is 0 Å². The summed E-state index contributed by atoms with van der Waals surface area (Å²) in [4.78, 5) is 3.74. The van der Waals surface area contributed by atoms with Crippen LogP contribution in [0.1, 0.15) is 5.69 Å². The fraction of sp³-hybridized carbons (Fsp3) is 0.286. The topological polar surface area (TPSA) is 48.1 Å². The zero-order valence-electron chi connectivity index (χ0n) is 7.11. The minimum Gasteiger partial charge on any atom is -0.403 e. The van der Waals surface area contributed by atoms with Crippen molar-refractivity contribution in [1.29, 1.82) is 0 Å². The normalized spacial score (nSPS) is 11.6. The standard InChI is InChI=1S/C7H5BrF3IN2O/c8-5-3(1-13)14-2-4(6(5)12)15-7(9,10)11/h2H,1,13H2. The predicted octanol–water partition coefficient (Wildman–Crippen LogP) is 2.81. The van der Waals surface area contributed by atoms with Gasteiger partial charge in [0.2, 0.25) is 0 Å². The second-order valence-corrected chi connectivity index (χ2v) is 4.32. The van der Waals surface area contributed by atoms with Crippen LogP contribution in [0.5, 0.6) is 5.75 Å². The summed E-state index contributed by atoms with van der Waals surface area (Å²) in [6, 6.07) is 0. The molecule has 0 amide bonds. The van der Waals surface area contributed by atoms with Gasteiger partial charge in [-0.25, -0.2) is 0 Å². The van der Waals surface area contributed by atoms with Gasteiger partial charge in [-0.2, -0.15) is 0 Å². The SMILES string of the molecule is NCc1ncc(OC(F)(F)F)c(I)c1Br. The Hall–Kier alpha value is -0.0900. The molecule has 0 unspecified atom stereocenters. The first kappa shape index (κ1) is 13.0. The van der Waals surface area contributed by atoms with E-state index in [2.05, 4.69) is 25.7 Å². The third kappa shape index (κ3) is 3.45. The van der Waals surface area contributed by atoms with Crippen LogP contribution in [0.2, 0.25) is 0 Å². The zero-order valence-corrected chi connectivity index (χ0v) is 10.9. The van der Waals surface area contributed by atoms with Gasteiger partial charge < -0.3 is 10.5 Å². The van der Waals surface area contributed by atoms with E-state index in [-0.39, 0.29) is 12.3 Å². The number of aromatic nitrogens is 1. The fourth-order valence-electron chi connectivity index (χ4n) is 0.823. The Morgan fingerprint density at radius 3 is 2.60 bits per heavy atom. The largest absolute Gasteiger partial charge is 0.573 e. The van der Waals surface area contributed by atoms with Crippen molar-refractivity contribution in [1.82, 2.24) is 4.98 Å². The summed E-state index contributed by atoms with van der Waals surface area (Å²) in [6.45, 7) is 0.142. The summed E-state index contributed by atoms with van der Waals surface area (Å²) in [7, 11) is 0. The lowest BCUT2D eigenvalue weighted by Gasteiger charge is -2.12. The number of hydrogen-bond donors (Lipinski definition) is 1. The van der Waals surface area contributed by atoms with Gasteiger partial charge in [-0.15, -0.1) is 13.2 Å². The van der Waals surface area contributed by atoms with Crippen LogP contribution < -0.4 is 10.5 Å². The molecule has 0 saturated carbocycles. The Kier molecular flexibility index (Phi) is 4.18. The van der Waals surface area contributed by atoms with Crippen LogP contribution in [0.3, 0.4) is 0 Å². The van der Waals surface area contributed by atoms with E-state index in [1.54, 1.807) is 22.6 Å². The Morgan fingerprint density at radius 1 is 1.53 bits per heavy atom. The molecule has 1 aromatic heterocycles. The van der Waals surface area contributed by atoms with Crippen LogP contribution in [-0.2, 0) is 6.54 Å². The molecular weight excluding hydrogens is 392 g/mol. The van der Waals surface area contributed by atoms with Gasteiger partial charge in [-0.1, -0.05) is 0 Å². The summed E-state index contributed by atoms with van der Waals surface area (Å²) < 4.78 is 40.3. The van der Waals surface area contributed by atoms with Crippen LogP contribution in [0.15, 0.2) is 10.7 Å². The zero-order chi connectivity index (χ0) is 11.6. The number of hydrogen-bond acceptors (Lipinski definition) is 3. The van der Waals surface area contributed by atoms with Crippen LogP contribution in [0.25, 0.3) is 0 Å². The van der Waals surface area contributed by atoms with Gasteiger partial charge in [0.1, 0.15) is 0 Å². The van der Waals surface area contributed by atoms with Gasteiger partial charge in [0.15, 0.2) is 5.75 Å². The lowest BCUT2D eigenvalue weighted by molar-refractivity contribution is -0.275. The van der Waals surface area contributed by atoms with E-state index < -0.39 is 6.36 Å². The van der Waals surface area contributed by atoms with E-state index in [4.69, 9.17) is 5.73 Å². The van der Waals surface area contributed by atoms with Crippen molar-refractivity contribution in [2.45, 2.75) is 12.9 Å². The highest BCUT2D eigenvalue weighted by Gasteiger charge is 2.32. The van der Waals surface area contributed by atoms with E-state index in [0.717, 1.165) is 6.20 Å². The molecule has 0 atom stereocenters. The predicted molar refractivity (Wildman–Crippen MR) is 59.2 cm³/mol. The second-order valence-electron chi connectivity index (χ2n) is 2.45. The molecule has 0 aliphatic carbocycles. The average molecular weight is 397 g/mol. The van der Waals surface area contributed by atoms with Gasteiger partial charge in [0, 0.05) is 6.54 Å². The van der Waals surface area contributed by atoms with E-state index in [9.17, 15) is 13.2 Å². The number of ether oxygens (including phenoxy) is 1. The van der Waals surface area contributed by atoms with Crippen LogP contribution in [-0.4, -0.2) is 11.3 Å². The maximum atomic E-state index is 11.9. The van der Waals surface area contributed by atoms with Gasteiger partial charge >= 0.3 is 6.36 Å². The molecule has 2 N–H and O–H groups in total. The van der Waals surface area contributed by atoms with Gasteiger partial charge in [0.25, 0.3) is 0 Å². The lowest BCUT2D eigenvalue weighted by atomic mass is 10.3. The number of pyridine rings is 1. The molecule has 0 radical (unpaired) electrons. The monoisotopic (exact) mass is 396 g/mol. The molecule has 0 aliphatic rings. The molecule has 1 aromatic rings. The Bertz CT molecular complexity index is 372. The van der Waals surface area contributed by atoms with Gasteiger partial charge in [-0.3, -0.25) is 4.98 Å². The lowest BCUT2D eigenvalue weighted by Crippen LogP contribution is -2.18. The summed E-state index contributed by atoms with van der Waals surface area (Å²) in [5.41, 5.74) is 5.82. The minimum atomic E-state index is -4.72. The number of alkyl halides is 3. The molecule has 8 heteroatoms. The average Bonchev–Trinajstić information content (AvgIpc) is 2.11. The molecule has 0 bridgehead atoms. The number of nitrogens with zero attached hydrogens (tertiary/aromatic N) is 1. The van der Waals surface area contributed by atoms with Crippen LogP contribution in [0, 0.1) is 3.57 Å². The Balaban J connectivity index is 3.07. The summed E-state index contributed by atoms with van der Waals surface area (Å²) in [5, 5.41) is 0. The molecule has 0 saturated heterocycles. The van der Waals surface area contributed by atoms with E-state index in [1.807, 2.05) is 0 Å². The highest BCUT2D eigenvalue weighted by atomic mass is 127. The molecule has 15 heavy (non-hydrogen) atoms. The van der Waals surface area contributed by atoms with Crippen LogP contribution in [0.4, 0.5) is 13.2 Å². The highest BCUT2D eigenvalue weighted by Crippen LogP contribution is 2.33. The summed E-state index contributed by atoms with van der Waals surface area (Å²) >= 11 is 4.83. The third-order valence-electron chi connectivity index (χ3n) is 1.42. The summed E-state index contributed by atoms with van der Waals surface area (Å²) in [5.74, 6) is -0.341. The smallest absolute Gasteiger partial charge is 0.403 e. The van der Waals surface area contributed by atoms with Crippen molar-refractivity contribution >= 4 is 38.5 Å². The molecule has 84 valence electrons. The van der Waals surface area contributed by atoms with Crippen molar-refractivity contribution in [3.05, 3.63) is 19.9 Å². The van der Waals surface area contributed by atoms with E-state index in [1.165, 1.54) is 0 Å². The summed E-state index contributed by atoms with van der Waals surface area (Å²) in [6.07, 6.45) is -3.71. The molecule has 1 rings (SSSR count). The van der Waals surface area contributed by atoms with E-state index >= 15 is 0 Å². The first-order chi connectivity index (χ1) is 6.85. The fourth-order valence-corrected chi connectivity index (χ4v) is 1.84. The molecule has 3 nitrogen and oxygen atoms in total. The van der Waals surface area contributed by atoms with Crippen LogP contribution >= 0.6 is 38.5 Å². The maximum Gasteiger partial charge on any atom is 0.573 e. The van der Waals surface area contributed by atoms with Crippen molar-refractivity contribution in [3.8, 4) is 5.75 Å². The second kappa shape index (κ2) is 4.83. The number of nitrogens with two attached hydrogens (primary N) is 1. The molecule has 0 spiro atoms. The quantitative estimate of drug-likeness (QED) is 0.782. The first-order valence-electron chi connectivity index (χ1n) is 3.64. The number of rotatable bonds is 2. The number of halogens is 5. The molecule has 0 aromatic carbocycles. The third-order valence-corrected chi connectivity index (χ3v) is 4.09. The molecule has 0 fully saturated rings. The minimum absolute atomic E-state index is 0.142. The Labute approximate surface area is 105 Å². The Morgan fingerprint density at radius 2 is 2.13 bits per heavy atom. The maximum absolute atomic E-state index is 11.9. The molecular formula is C7H5BrF3IN2O. The van der Waals surface area contributed by atoms with Crippen molar-refractivity contribution in [3.63, 3.8) is 0 Å². The van der Waals surface area contributed by atoms with Gasteiger partial charge in [-0.05, 0) is 38.5 Å². The van der Waals surface area contributed by atoms with Crippen molar-refractivity contribution < 1.29 is 17.9 Å². The van der Waals surface area contributed by atoms with E-state index in [0.29, 0.717) is 13.7 Å². The van der Waals surface area contributed by atoms with Gasteiger partial charge in [0.05, 0.1) is 19.9 Å². The highest BCUT2D eigenvalue weighted by molar-refractivity contribution is 14.1. The molecule has 1 heterocycles. The first-order valence-corrected chi connectivity index (χ1v) is 5.51. The molecule has 0 aliphatic heterocycles. The van der Waals surface area contributed by atoms with Crippen molar-refractivity contribution in [2.24, 2.45) is 5.73 Å².